The fourth-order valence-corrected chi connectivity index (χ4v) is 4.39. The number of alkyl halides is 3. The van der Waals surface area contributed by atoms with Crippen molar-refractivity contribution in [2.45, 2.75) is 6.18 Å². The van der Waals surface area contributed by atoms with Crippen LogP contribution in [0, 0.1) is 5.82 Å². The third-order valence-corrected chi connectivity index (χ3v) is 5.83. The van der Waals surface area contributed by atoms with Gasteiger partial charge in [-0.1, -0.05) is 17.7 Å². The summed E-state index contributed by atoms with van der Waals surface area (Å²) in [5, 5.41) is 2.49. The number of hydrogen-bond donors (Lipinski definition) is 2. The smallest absolute Gasteiger partial charge is 0.383 e. The van der Waals surface area contributed by atoms with Gasteiger partial charge in [0.1, 0.15) is 22.8 Å². The average Bonchev–Trinajstić information content (AvgIpc) is 3.14. The molecule has 32 heavy (non-hydrogen) atoms. The SMILES string of the molecule is NC(=O)N(c1ccc(-c2csc3ncnc(N)c23)c(Cl)c1)c1cc(C(F)(F)F)ccc1F. The van der Waals surface area contributed by atoms with Gasteiger partial charge in [0.15, 0.2) is 0 Å². The van der Waals surface area contributed by atoms with E-state index in [4.69, 9.17) is 23.1 Å². The second-order valence-corrected chi connectivity index (χ2v) is 7.86. The zero-order valence-electron chi connectivity index (χ0n) is 15.8. The molecule has 2 heterocycles. The Bertz CT molecular complexity index is 1360. The first-order chi connectivity index (χ1) is 15.1. The standard InChI is InChI=1S/C20H12ClF4N5OS/c21-13-6-10(2-3-11(13)12-7-32-18-16(12)17(26)28-8-29-18)30(19(27)31)15-5-9(20(23,24)25)1-4-14(15)22/h1-8H,(H2,27,31)(H2,26,28,29). The Labute approximate surface area is 187 Å². The van der Waals surface area contributed by atoms with E-state index in [9.17, 15) is 22.4 Å². The molecule has 4 aromatic rings. The second-order valence-electron chi connectivity index (χ2n) is 6.59. The van der Waals surface area contributed by atoms with Gasteiger partial charge >= 0.3 is 12.2 Å². The first kappa shape index (κ1) is 21.8. The highest BCUT2D eigenvalue weighted by molar-refractivity contribution is 7.17. The molecule has 2 amide bonds. The lowest BCUT2D eigenvalue weighted by Gasteiger charge is -2.23. The van der Waals surface area contributed by atoms with E-state index in [1.54, 1.807) is 5.38 Å². The van der Waals surface area contributed by atoms with Crippen LogP contribution in [0.15, 0.2) is 48.1 Å². The Morgan fingerprint density at radius 3 is 2.50 bits per heavy atom. The highest BCUT2D eigenvalue weighted by Gasteiger charge is 2.32. The quantitative estimate of drug-likeness (QED) is 0.352. The van der Waals surface area contributed by atoms with Crippen LogP contribution in [-0.2, 0) is 6.18 Å². The number of amides is 2. The summed E-state index contributed by atoms with van der Waals surface area (Å²) in [6.45, 7) is 0. The number of nitrogen functional groups attached to an aromatic ring is 1. The Morgan fingerprint density at radius 1 is 1.09 bits per heavy atom. The van der Waals surface area contributed by atoms with Gasteiger partial charge in [0.2, 0.25) is 0 Å². The maximum Gasteiger partial charge on any atom is 0.416 e. The number of benzene rings is 2. The number of nitrogens with zero attached hydrogens (tertiary/aromatic N) is 3. The normalized spacial score (nSPS) is 11.7. The third kappa shape index (κ3) is 3.80. The van der Waals surface area contributed by atoms with E-state index in [-0.39, 0.29) is 16.5 Å². The largest absolute Gasteiger partial charge is 0.416 e. The van der Waals surface area contributed by atoms with Gasteiger partial charge in [-0.2, -0.15) is 13.2 Å². The lowest BCUT2D eigenvalue weighted by molar-refractivity contribution is -0.137. The number of fused-ring (bicyclic) bond motifs is 1. The number of thiophene rings is 1. The van der Waals surface area contributed by atoms with Crippen LogP contribution in [0.1, 0.15) is 5.56 Å². The third-order valence-electron chi connectivity index (χ3n) is 4.64. The molecular weight excluding hydrogens is 470 g/mol. The topological polar surface area (TPSA) is 98.1 Å². The Kier molecular flexibility index (Phi) is 5.39. The molecule has 164 valence electrons. The summed E-state index contributed by atoms with van der Waals surface area (Å²) in [4.78, 5) is 21.4. The molecule has 0 aliphatic rings. The van der Waals surface area contributed by atoms with Crippen LogP contribution in [0.4, 0.5) is 39.5 Å². The lowest BCUT2D eigenvalue weighted by Crippen LogP contribution is -2.32. The Balaban J connectivity index is 1.83. The number of anilines is 3. The van der Waals surface area contributed by atoms with Crippen LogP contribution < -0.4 is 16.4 Å². The molecule has 0 saturated carbocycles. The minimum atomic E-state index is -4.74. The molecule has 0 fully saturated rings. The summed E-state index contributed by atoms with van der Waals surface area (Å²) >= 11 is 7.74. The number of carbonyl (C=O) groups excluding carboxylic acids is 1. The van der Waals surface area contributed by atoms with Gasteiger partial charge < -0.3 is 11.5 Å². The maximum atomic E-state index is 14.4. The molecule has 2 aromatic heterocycles. The van der Waals surface area contributed by atoms with E-state index < -0.39 is 29.3 Å². The second kappa shape index (κ2) is 7.92. The number of hydrogen-bond acceptors (Lipinski definition) is 5. The van der Waals surface area contributed by atoms with Crippen LogP contribution in [0.5, 0.6) is 0 Å². The first-order valence-corrected chi connectivity index (χ1v) is 10.1. The average molecular weight is 482 g/mol. The zero-order chi connectivity index (χ0) is 23.2. The van der Waals surface area contributed by atoms with Crippen molar-refractivity contribution in [3.63, 3.8) is 0 Å². The van der Waals surface area contributed by atoms with Crippen molar-refractivity contribution in [2.24, 2.45) is 5.73 Å². The minimum absolute atomic E-state index is 0.0202. The number of halogens is 5. The summed E-state index contributed by atoms with van der Waals surface area (Å²) in [6, 6.07) is 4.71. The van der Waals surface area contributed by atoms with Crippen molar-refractivity contribution in [1.82, 2.24) is 9.97 Å². The summed E-state index contributed by atoms with van der Waals surface area (Å²) in [6.07, 6.45) is -3.41. The molecule has 0 saturated heterocycles. The molecule has 0 radical (unpaired) electrons. The monoisotopic (exact) mass is 481 g/mol. The van der Waals surface area contributed by atoms with E-state index in [0.29, 0.717) is 44.4 Å². The van der Waals surface area contributed by atoms with E-state index in [0.717, 1.165) is 0 Å². The van der Waals surface area contributed by atoms with Gasteiger partial charge in [-0.25, -0.2) is 19.2 Å². The Morgan fingerprint density at radius 2 is 1.84 bits per heavy atom. The van der Waals surface area contributed by atoms with E-state index >= 15 is 0 Å². The van der Waals surface area contributed by atoms with Gasteiger partial charge in [-0.05, 0) is 30.3 Å². The van der Waals surface area contributed by atoms with Crippen LogP contribution in [-0.4, -0.2) is 16.0 Å². The van der Waals surface area contributed by atoms with E-state index in [2.05, 4.69) is 9.97 Å². The molecule has 2 aromatic carbocycles. The summed E-state index contributed by atoms with van der Waals surface area (Å²) < 4.78 is 53.7. The predicted molar refractivity (Wildman–Crippen MR) is 115 cm³/mol. The fourth-order valence-electron chi connectivity index (χ4n) is 3.20. The molecule has 0 bridgehead atoms. The summed E-state index contributed by atoms with van der Waals surface area (Å²) in [7, 11) is 0. The van der Waals surface area contributed by atoms with Crippen molar-refractivity contribution >= 4 is 56.4 Å². The van der Waals surface area contributed by atoms with Gasteiger partial charge in [-0.15, -0.1) is 11.3 Å². The van der Waals surface area contributed by atoms with Crippen molar-refractivity contribution in [1.29, 1.82) is 0 Å². The fraction of sp³-hybridized carbons (Fsp3) is 0.0500. The molecule has 0 spiro atoms. The molecule has 0 atom stereocenters. The van der Waals surface area contributed by atoms with Crippen LogP contribution >= 0.6 is 22.9 Å². The highest BCUT2D eigenvalue weighted by Crippen LogP contribution is 2.41. The van der Waals surface area contributed by atoms with Crippen molar-refractivity contribution in [3.05, 3.63) is 64.5 Å². The van der Waals surface area contributed by atoms with Gasteiger partial charge in [0.25, 0.3) is 0 Å². The highest BCUT2D eigenvalue weighted by atomic mass is 35.5. The molecular formula is C20H12ClF4N5OS. The molecule has 0 unspecified atom stereocenters. The van der Waals surface area contributed by atoms with E-state index in [1.165, 1.54) is 35.9 Å². The molecule has 6 nitrogen and oxygen atoms in total. The zero-order valence-corrected chi connectivity index (χ0v) is 17.4. The number of aromatic nitrogens is 2. The summed E-state index contributed by atoms with van der Waals surface area (Å²) in [5.41, 5.74) is 10.7. The first-order valence-electron chi connectivity index (χ1n) is 8.82. The van der Waals surface area contributed by atoms with Gasteiger partial charge in [0, 0.05) is 16.5 Å². The number of carbonyl (C=O) groups is 1. The number of nitrogens with two attached hydrogens (primary N) is 2. The Hall–Kier alpha value is -3.44. The van der Waals surface area contributed by atoms with Crippen LogP contribution in [0.25, 0.3) is 21.3 Å². The molecule has 0 aliphatic heterocycles. The summed E-state index contributed by atoms with van der Waals surface area (Å²) in [5.74, 6) is -0.818. The number of urea groups is 1. The minimum Gasteiger partial charge on any atom is -0.383 e. The lowest BCUT2D eigenvalue weighted by atomic mass is 10.0. The van der Waals surface area contributed by atoms with Crippen LogP contribution in [0.2, 0.25) is 5.02 Å². The van der Waals surface area contributed by atoms with Gasteiger partial charge in [-0.3, -0.25) is 4.90 Å². The predicted octanol–water partition coefficient (Wildman–Crippen LogP) is 5.97. The van der Waals surface area contributed by atoms with Crippen molar-refractivity contribution < 1.29 is 22.4 Å². The molecule has 0 aliphatic carbocycles. The van der Waals surface area contributed by atoms with E-state index in [1.807, 2.05) is 0 Å². The number of primary amides is 1. The number of rotatable bonds is 3. The molecule has 12 heteroatoms. The van der Waals surface area contributed by atoms with Crippen molar-refractivity contribution in [3.8, 4) is 11.1 Å². The van der Waals surface area contributed by atoms with Crippen LogP contribution in [0.3, 0.4) is 0 Å². The van der Waals surface area contributed by atoms with Gasteiger partial charge in [0.05, 0.1) is 27.3 Å². The maximum absolute atomic E-state index is 14.4. The molecule has 4 rings (SSSR count). The molecule has 4 N–H and O–H groups in total. The van der Waals surface area contributed by atoms with Crippen molar-refractivity contribution in [2.75, 3.05) is 10.6 Å².